The van der Waals surface area contributed by atoms with Crippen LogP contribution in [0.3, 0.4) is 0 Å². The quantitative estimate of drug-likeness (QED) is 0.771. The van der Waals surface area contributed by atoms with Gasteiger partial charge in [0.1, 0.15) is 0 Å². The van der Waals surface area contributed by atoms with E-state index in [1.54, 1.807) is 13.8 Å². The molecule has 3 rings (SSSR count). The summed E-state index contributed by atoms with van der Waals surface area (Å²) in [7, 11) is 0. The van der Waals surface area contributed by atoms with Gasteiger partial charge >= 0.3 is 5.97 Å². The highest BCUT2D eigenvalue weighted by atomic mass is 16.4. The minimum Gasteiger partial charge on any atom is -0.481 e. The smallest absolute Gasteiger partial charge is 0.309 e. The van der Waals surface area contributed by atoms with Crippen LogP contribution in [0.15, 0.2) is 36.4 Å². The van der Waals surface area contributed by atoms with Crippen molar-refractivity contribution in [2.24, 2.45) is 5.41 Å². The summed E-state index contributed by atoms with van der Waals surface area (Å²) in [6, 6.07) is 12.5. The first-order valence-electron chi connectivity index (χ1n) is 7.75. The van der Waals surface area contributed by atoms with E-state index in [4.69, 9.17) is 0 Å². The minimum atomic E-state index is -0.729. The van der Waals surface area contributed by atoms with E-state index < -0.39 is 11.4 Å². The van der Waals surface area contributed by atoms with Gasteiger partial charge in [0.2, 0.25) is 0 Å². The maximum Gasteiger partial charge on any atom is 0.309 e. The lowest BCUT2D eigenvalue weighted by molar-refractivity contribution is -0.147. The third-order valence-corrected chi connectivity index (χ3v) is 4.44. The fraction of sp³-hybridized carbons (Fsp3) is 0.389. The van der Waals surface area contributed by atoms with Crippen LogP contribution in [0.2, 0.25) is 0 Å². The standard InChI is InChI=1S/C18H22N2O2/c1-18(2,17(21)22)11-5-10-15-19-13-8-3-6-12-7-4-9-14(20-15)16(12)13/h3-4,6-9,15,19-20H,5,10-11H2,1-2H3,(H,21,22). The van der Waals surface area contributed by atoms with E-state index >= 15 is 0 Å². The molecule has 0 aromatic heterocycles. The van der Waals surface area contributed by atoms with Crippen LogP contribution in [0.4, 0.5) is 11.4 Å². The van der Waals surface area contributed by atoms with Crippen LogP contribution in [0.25, 0.3) is 10.8 Å². The van der Waals surface area contributed by atoms with E-state index in [0.717, 1.165) is 24.2 Å². The Balaban J connectivity index is 1.69. The van der Waals surface area contributed by atoms with E-state index in [1.807, 2.05) is 0 Å². The van der Waals surface area contributed by atoms with Crippen molar-refractivity contribution in [3.8, 4) is 0 Å². The number of nitrogens with one attached hydrogen (secondary N) is 2. The molecule has 0 fully saturated rings. The summed E-state index contributed by atoms with van der Waals surface area (Å²) in [5.41, 5.74) is 1.63. The molecule has 0 amide bonds. The summed E-state index contributed by atoms with van der Waals surface area (Å²) in [5.74, 6) is -0.729. The van der Waals surface area contributed by atoms with Crippen molar-refractivity contribution in [1.82, 2.24) is 0 Å². The van der Waals surface area contributed by atoms with Gasteiger partial charge in [-0.1, -0.05) is 24.3 Å². The van der Waals surface area contributed by atoms with E-state index in [1.165, 1.54) is 10.8 Å². The maximum atomic E-state index is 11.2. The molecule has 0 aliphatic carbocycles. The Morgan fingerprint density at radius 1 is 1.14 bits per heavy atom. The van der Waals surface area contributed by atoms with Gasteiger partial charge in [-0.2, -0.15) is 0 Å². The summed E-state index contributed by atoms with van der Waals surface area (Å²) >= 11 is 0. The SMILES string of the molecule is CC(C)(CCCC1Nc2cccc3cccc(c23)N1)C(=O)O. The minimum absolute atomic E-state index is 0.144. The summed E-state index contributed by atoms with van der Waals surface area (Å²) in [6.07, 6.45) is 2.57. The van der Waals surface area contributed by atoms with Gasteiger partial charge in [0, 0.05) is 16.8 Å². The summed E-state index contributed by atoms with van der Waals surface area (Å²) < 4.78 is 0. The molecule has 0 saturated heterocycles. The molecule has 1 aliphatic rings. The van der Waals surface area contributed by atoms with Gasteiger partial charge in [0.15, 0.2) is 0 Å². The maximum absolute atomic E-state index is 11.2. The Labute approximate surface area is 130 Å². The zero-order chi connectivity index (χ0) is 15.7. The summed E-state index contributed by atoms with van der Waals surface area (Å²) in [6.45, 7) is 3.57. The summed E-state index contributed by atoms with van der Waals surface area (Å²) in [4.78, 5) is 11.2. The number of rotatable bonds is 5. The monoisotopic (exact) mass is 298 g/mol. The Hall–Kier alpha value is -2.23. The number of carboxylic acids is 1. The zero-order valence-electron chi connectivity index (χ0n) is 13.0. The Bertz CT molecular complexity index is 669. The predicted molar refractivity (Wildman–Crippen MR) is 90.2 cm³/mol. The normalized spacial score (nSPS) is 14.5. The number of aliphatic carboxylic acids is 1. The number of hydrogen-bond acceptors (Lipinski definition) is 3. The highest BCUT2D eigenvalue weighted by molar-refractivity contribution is 6.04. The fourth-order valence-corrected chi connectivity index (χ4v) is 2.99. The molecule has 0 bridgehead atoms. The van der Waals surface area contributed by atoms with Gasteiger partial charge in [-0.3, -0.25) is 4.79 Å². The second-order valence-electron chi connectivity index (χ2n) is 6.63. The van der Waals surface area contributed by atoms with Crippen molar-refractivity contribution in [3.63, 3.8) is 0 Å². The molecule has 2 aromatic carbocycles. The van der Waals surface area contributed by atoms with Crippen molar-refractivity contribution in [1.29, 1.82) is 0 Å². The zero-order valence-corrected chi connectivity index (χ0v) is 13.0. The lowest BCUT2D eigenvalue weighted by atomic mass is 9.87. The van der Waals surface area contributed by atoms with Crippen LogP contribution in [0, 0.1) is 5.41 Å². The average molecular weight is 298 g/mol. The highest BCUT2D eigenvalue weighted by Crippen LogP contribution is 2.35. The molecule has 1 heterocycles. The summed E-state index contributed by atoms with van der Waals surface area (Å²) in [5, 5.41) is 18.7. The fourth-order valence-electron chi connectivity index (χ4n) is 2.99. The van der Waals surface area contributed by atoms with Crippen molar-refractivity contribution in [3.05, 3.63) is 36.4 Å². The van der Waals surface area contributed by atoms with Gasteiger partial charge in [0.25, 0.3) is 0 Å². The topological polar surface area (TPSA) is 61.4 Å². The molecule has 0 radical (unpaired) electrons. The van der Waals surface area contributed by atoms with Crippen LogP contribution in [-0.4, -0.2) is 17.2 Å². The largest absolute Gasteiger partial charge is 0.481 e. The number of benzene rings is 2. The molecular weight excluding hydrogens is 276 g/mol. The molecule has 22 heavy (non-hydrogen) atoms. The number of hydrogen-bond donors (Lipinski definition) is 3. The van der Waals surface area contributed by atoms with Gasteiger partial charge in [-0.15, -0.1) is 0 Å². The first kappa shape index (κ1) is 14.7. The Morgan fingerprint density at radius 2 is 1.73 bits per heavy atom. The first-order valence-corrected chi connectivity index (χ1v) is 7.75. The van der Waals surface area contributed by atoms with Gasteiger partial charge in [0.05, 0.1) is 11.6 Å². The molecule has 4 nitrogen and oxygen atoms in total. The first-order chi connectivity index (χ1) is 10.5. The van der Waals surface area contributed by atoms with Crippen LogP contribution >= 0.6 is 0 Å². The second kappa shape index (κ2) is 5.52. The average Bonchev–Trinajstić information content (AvgIpc) is 2.47. The Morgan fingerprint density at radius 3 is 2.27 bits per heavy atom. The third kappa shape index (κ3) is 2.73. The molecule has 2 aromatic rings. The molecule has 0 spiro atoms. The number of carbonyl (C=O) groups is 1. The van der Waals surface area contributed by atoms with Crippen LogP contribution < -0.4 is 10.6 Å². The molecular formula is C18H22N2O2. The molecule has 4 heteroatoms. The lowest BCUT2D eigenvalue weighted by Gasteiger charge is -2.30. The van der Waals surface area contributed by atoms with E-state index in [2.05, 4.69) is 47.0 Å². The molecule has 116 valence electrons. The van der Waals surface area contributed by atoms with Gasteiger partial charge in [-0.05, 0) is 50.6 Å². The number of carboxylic acid groups (broad SMARTS) is 1. The molecule has 0 saturated carbocycles. The van der Waals surface area contributed by atoms with Crippen LogP contribution in [-0.2, 0) is 4.79 Å². The molecule has 0 unspecified atom stereocenters. The van der Waals surface area contributed by atoms with Crippen molar-refractivity contribution < 1.29 is 9.90 Å². The third-order valence-electron chi connectivity index (χ3n) is 4.44. The lowest BCUT2D eigenvalue weighted by Crippen LogP contribution is -2.32. The second-order valence-corrected chi connectivity index (χ2v) is 6.63. The van der Waals surface area contributed by atoms with Crippen molar-refractivity contribution in [2.75, 3.05) is 10.6 Å². The van der Waals surface area contributed by atoms with Crippen LogP contribution in [0.1, 0.15) is 33.1 Å². The van der Waals surface area contributed by atoms with Crippen molar-refractivity contribution >= 4 is 28.1 Å². The predicted octanol–water partition coefficient (Wildman–Crippen LogP) is 4.28. The molecule has 0 atom stereocenters. The Kier molecular flexibility index (Phi) is 3.69. The highest BCUT2D eigenvalue weighted by Gasteiger charge is 2.27. The van der Waals surface area contributed by atoms with Crippen molar-refractivity contribution in [2.45, 2.75) is 39.3 Å². The molecule has 3 N–H and O–H groups in total. The van der Waals surface area contributed by atoms with Crippen LogP contribution in [0.5, 0.6) is 0 Å². The molecule has 1 aliphatic heterocycles. The van der Waals surface area contributed by atoms with Gasteiger partial charge in [-0.25, -0.2) is 0 Å². The van der Waals surface area contributed by atoms with E-state index in [9.17, 15) is 9.90 Å². The van der Waals surface area contributed by atoms with Gasteiger partial charge < -0.3 is 15.7 Å². The number of anilines is 2. The van der Waals surface area contributed by atoms with E-state index in [-0.39, 0.29) is 6.17 Å². The van der Waals surface area contributed by atoms with E-state index in [0.29, 0.717) is 6.42 Å².